The van der Waals surface area contributed by atoms with Crippen LogP contribution in [0.15, 0.2) is 83.3 Å². The second-order valence-electron chi connectivity index (χ2n) is 9.66. The highest BCUT2D eigenvalue weighted by atomic mass is 32.1. The van der Waals surface area contributed by atoms with E-state index in [0.717, 1.165) is 35.4 Å². The molecule has 1 fully saturated rings. The van der Waals surface area contributed by atoms with Crippen LogP contribution >= 0.6 is 12.2 Å². The molecular weight excluding hydrogens is 496 g/mol. The van der Waals surface area contributed by atoms with Gasteiger partial charge in [0.05, 0.1) is 0 Å². The number of benzene rings is 3. The van der Waals surface area contributed by atoms with Gasteiger partial charge >= 0.3 is 0 Å². The van der Waals surface area contributed by atoms with Crippen LogP contribution in [0.25, 0.3) is 11.0 Å². The number of carbonyl (C=O) groups excluding carboxylic acids is 2. The number of amides is 2. The molecule has 4 aromatic rings. The van der Waals surface area contributed by atoms with Crippen LogP contribution in [-0.2, 0) is 0 Å². The van der Waals surface area contributed by atoms with Gasteiger partial charge < -0.3 is 19.5 Å². The molecule has 194 valence electrons. The normalized spacial score (nSPS) is 13.6. The Kier molecular flexibility index (Phi) is 7.42. The van der Waals surface area contributed by atoms with Gasteiger partial charge in [-0.25, -0.2) is 0 Å². The summed E-state index contributed by atoms with van der Waals surface area (Å²) < 4.78 is 5.75. The fourth-order valence-electron chi connectivity index (χ4n) is 4.52. The summed E-state index contributed by atoms with van der Waals surface area (Å²) in [4.78, 5) is 29.5. The van der Waals surface area contributed by atoms with E-state index in [1.165, 1.54) is 5.56 Å². The molecule has 1 saturated heterocycles. The summed E-state index contributed by atoms with van der Waals surface area (Å²) in [6.07, 6.45) is 0. The molecule has 38 heavy (non-hydrogen) atoms. The molecule has 0 bridgehead atoms. The van der Waals surface area contributed by atoms with E-state index in [0.29, 0.717) is 30.3 Å². The molecule has 0 aliphatic carbocycles. The van der Waals surface area contributed by atoms with E-state index >= 15 is 0 Å². The largest absolute Gasteiger partial charge is 0.451 e. The van der Waals surface area contributed by atoms with Crippen LogP contribution in [-0.4, -0.2) is 48.0 Å². The number of hydrogen-bond acceptors (Lipinski definition) is 5. The third-order valence-electron chi connectivity index (χ3n) is 6.76. The van der Waals surface area contributed by atoms with Crippen molar-refractivity contribution in [3.8, 4) is 0 Å². The molecule has 8 heteroatoms. The molecule has 2 heterocycles. The van der Waals surface area contributed by atoms with Crippen molar-refractivity contribution in [2.45, 2.75) is 19.8 Å². The number of nitrogens with zero attached hydrogens (tertiary/aromatic N) is 2. The summed E-state index contributed by atoms with van der Waals surface area (Å²) in [5.41, 5.74) is 4.32. The zero-order valence-electron chi connectivity index (χ0n) is 21.4. The van der Waals surface area contributed by atoms with Gasteiger partial charge in [-0.15, -0.1) is 0 Å². The SMILES string of the molecule is CC(C)c1ccc(C(=O)NC(=S)Nc2ccc(N3CCN(C(=O)c4cc5ccccc5o4)CC3)cc2)cc1. The van der Waals surface area contributed by atoms with E-state index in [9.17, 15) is 9.59 Å². The standard InChI is InChI=1S/C30H30N4O3S/c1-20(2)21-7-9-22(10-8-21)28(35)32-30(38)31-24-11-13-25(14-12-24)33-15-17-34(18-16-33)29(36)27-19-23-5-3-4-6-26(23)37-27/h3-14,19-20H,15-18H2,1-2H3,(H2,31,32,35,38). The molecule has 2 N–H and O–H groups in total. The molecule has 0 spiro atoms. The first-order valence-electron chi connectivity index (χ1n) is 12.7. The van der Waals surface area contributed by atoms with Gasteiger partial charge in [-0.05, 0) is 72.2 Å². The first-order valence-corrected chi connectivity index (χ1v) is 13.1. The number of carbonyl (C=O) groups is 2. The lowest BCUT2D eigenvalue weighted by Gasteiger charge is -2.35. The van der Waals surface area contributed by atoms with Crippen LogP contribution in [0.4, 0.5) is 11.4 Å². The van der Waals surface area contributed by atoms with Gasteiger partial charge in [-0.2, -0.15) is 0 Å². The van der Waals surface area contributed by atoms with Crippen molar-refractivity contribution in [2.24, 2.45) is 0 Å². The first kappa shape index (κ1) is 25.5. The third kappa shape index (κ3) is 5.70. The van der Waals surface area contributed by atoms with Gasteiger partial charge in [0, 0.05) is 48.5 Å². The average Bonchev–Trinajstić information content (AvgIpc) is 3.37. The van der Waals surface area contributed by atoms with Crippen molar-refractivity contribution >= 4 is 51.5 Å². The Morgan fingerprint density at radius 1 is 0.895 bits per heavy atom. The predicted molar refractivity (Wildman–Crippen MR) is 155 cm³/mol. The molecule has 0 saturated carbocycles. The van der Waals surface area contributed by atoms with Gasteiger partial charge in [-0.3, -0.25) is 14.9 Å². The maximum absolute atomic E-state index is 12.9. The highest BCUT2D eigenvalue weighted by molar-refractivity contribution is 7.80. The summed E-state index contributed by atoms with van der Waals surface area (Å²) in [6, 6.07) is 24.9. The maximum atomic E-state index is 12.9. The lowest BCUT2D eigenvalue weighted by atomic mass is 10.0. The Balaban J connectivity index is 1.12. The molecule has 1 aromatic heterocycles. The average molecular weight is 527 g/mol. The Bertz CT molecular complexity index is 1420. The van der Waals surface area contributed by atoms with E-state index in [2.05, 4.69) is 29.4 Å². The monoisotopic (exact) mass is 526 g/mol. The molecular formula is C30H30N4O3S. The van der Waals surface area contributed by atoms with Gasteiger partial charge in [0.2, 0.25) is 0 Å². The molecule has 1 aliphatic heterocycles. The molecule has 3 aromatic carbocycles. The number of furan rings is 1. The molecule has 0 unspecified atom stereocenters. The van der Waals surface area contributed by atoms with E-state index in [1.54, 1.807) is 0 Å². The van der Waals surface area contributed by atoms with Crippen molar-refractivity contribution < 1.29 is 14.0 Å². The summed E-state index contributed by atoms with van der Waals surface area (Å²) in [5.74, 6) is 0.467. The number of nitrogens with one attached hydrogen (secondary N) is 2. The predicted octanol–water partition coefficient (Wildman–Crippen LogP) is 5.65. The van der Waals surface area contributed by atoms with E-state index in [-0.39, 0.29) is 16.9 Å². The minimum Gasteiger partial charge on any atom is -0.451 e. The molecule has 0 radical (unpaired) electrons. The Morgan fingerprint density at radius 3 is 2.24 bits per heavy atom. The molecule has 2 amide bonds. The second-order valence-corrected chi connectivity index (χ2v) is 10.1. The summed E-state index contributed by atoms with van der Waals surface area (Å²) in [6.45, 7) is 6.91. The lowest BCUT2D eigenvalue weighted by molar-refractivity contribution is 0.0717. The number of thiocarbonyl (C=S) groups is 1. The molecule has 1 aliphatic rings. The van der Waals surface area contributed by atoms with Crippen molar-refractivity contribution in [2.75, 3.05) is 36.4 Å². The van der Waals surface area contributed by atoms with E-state index in [4.69, 9.17) is 16.6 Å². The minimum atomic E-state index is -0.246. The number of para-hydroxylation sites is 1. The van der Waals surface area contributed by atoms with Crippen LogP contribution in [0, 0.1) is 0 Å². The molecule has 7 nitrogen and oxygen atoms in total. The van der Waals surface area contributed by atoms with Crippen molar-refractivity contribution in [3.63, 3.8) is 0 Å². The third-order valence-corrected chi connectivity index (χ3v) is 6.96. The van der Waals surface area contributed by atoms with Crippen molar-refractivity contribution in [1.82, 2.24) is 10.2 Å². The summed E-state index contributed by atoms with van der Waals surface area (Å²) >= 11 is 5.34. The fraction of sp³-hybridized carbons (Fsp3) is 0.233. The highest BCUT2D eigenvalue weighted by Crippen LogP contribution is 2.23. The lowest BCUT2D eigenvalue weighted by Crippen LogP contribution is -2.48. The van der Waals surface area contributed by atoms with E-state index in [1.807, 2.05) is 83.8 Å². The van der Waals surface area contributed by atoms with Crippen molar-refractivity contribution in [1.29, 1.82) is 0 Å². The summed E-state index contributed by atoms with van der Waals surface area (Å²) in [5, 5.41) is 6.98. The van der Waals surface area contributed by atoms with Crippen LogP contribution in [0.1, 0.15) is 46.2 Å². The number of hydrogen-bond donors (Lipinski definition) is 2. The van der Waals surface area contributed by atoms with Crippen molar-refractivity contribution in [3.05, 3.63) is 95.7 Å². The van der Waals surface area contributed by atoms with Crippen LogP contribution < -0.4 is 15.5 Å². The Hall–Kier alpha value is -4.17. The number of fused-ring (bicyclic) bond motifs is 1. The zero-order valence-corrected chi connectivity index (χ0v) is 22.3. The topological polar surface area (TPSA) is 77.8 Å². The highest BCUT2D eigenvalue weighted by Gasteiger charge is 2.24. The number of rotatable bonds is 5. The van der Waals surface area contributed by atoms with Crippen LogP contribution in [0.3, 0.4) is 0 Å². The Morgan fingerprint density at radius 2 is 1.58 bits per heavy atom. The zero-order chi connectivity index (χ0) is 26.6. The quantitative estimate of drug-likeness (QED) is 0.328. The Labute approximate surface area is 227 Å². The van der Waals surface area contributed by atoms with Crippen LogP contribution in [0.5, 0.6) is 0 Å². The number of anilines is 2. The first-order chi connectivity index (χ1) is 18.4. The maximum Gasteiger partial charge on any atom is 0.289 e. The number of piperazine rings is 1. The van der Waals surface area contributed by atoms with Gasteiger partial charge in [0.1, 0.15) is 5.58 Å². The van der Waals surface area contributed by atoms with Crippen LogP contribution in [0.2, 0.25) is 0 Å². The van der Waals surface area contributed by atoms with Gasteiger partial charge in [0.25, 0.3) is 11.8 Å². The summed E-state index contributed by atoms with van der Waals surface area (Å²) in [7, 11) is 0. The molecule has 0 atom stereocenters. The fourth-order valence-corrected chi connectivity index (χ4v) is 4.73. The molecule has 5 rings (SSSR count). The second kappa shape index (κ2) is 11.1. The van der Waals surface area contributed by atoms with Gasteiger partial charge in [0.15, 0.2) is 10.9 Å². The smallest absolute Gasteiger partial charge is 0.289 e. The van der Waals surface area contributed by atoms with E-state index < -0.39 is 0 Å². The van der Waals surface area contributed by atoms with Gasteiger partial charge in [-0.1, -0.05) is 44.2 Å². The minimum absolute atomic E-state index is 0.0770.